The minimum Gasteiger partial charge on any atom is -0.319 e. The van der Waals surface area contributed by atoms with Crippen LogP contribution in [0.2, 0.25) is 0 Å². The zero-order chi connectivity index (χ0) is 25.4. The SMILES string of the molecule is Cc1ccc(-n2c(S[C@H](C)C(=O)Nc3c(C)n(C)n(-c4ccccc4)c3=O)nc3ccccc32)cc1. The van der Waals surface area contributed by atoms with E-state index in [0.29, 0.717) is 10.9 Å². The van der Waals surface area contributed by atoms with Gasteiger partial charge in [0.15, 0.2) is 5.16 Å². The van der Waals surface area contributed by atoms with Crippen molar-refractivity contribution in [2.45, 2.75) is 31.2 Å². The molecule has 0 bridgehead atoms. The number of nitrogens with zero attached hydrogens (tertiary/aromatic N) is 4. The molecule has 8 heteroatoms. The monoisotopic (exact) mass is 497 g/mol. The van der Waals surface area contributed by atoms with Crippen LogP contribution in [0.5, 0.6) is 0 Å². The Hall–Kier alpha value is -4.04. The normalized spacial score (nSPS) is 12.1. The molecule has 1 amide bonds. The molecule has 0 fully saturated rings. The molecule has 1 N–H and O–H groups in total. The van der Waals surface area contributed by atoms with Crippen molar-refractivity contribution in [3.63, 3.8) is 0 Å². The van der Waals surface area contributed by atoms with Crippen LogP contribution < -0.4 is 10.9 Å². The molecule has 0 aliphatic heterocycles. The highest BCUT2D eigenvalue weighted by molar-refractivity contribution is 8.00. The predicted octanol–water partition coefficient (Wildman–Crippen LogP) is 5.25. The summed E-state index contributed by atoms with van der Waals surface area (Å²) in [6, 6.07) is 25.5. The second-order valence-corrected chi connectivity index (χ2v) is 10.0. The van der Waals surface area contributed by atoms with Gasteiger partial charge in [0.05, 0.1) is 27.7 Å². The average Bonchev–Trinajstić information content (AvgIpc) is 3.34. The van der Waals surface area contributed by atoms with Gasteiger partial charge in [-0.25, -0.2) is 9.67 Å². The Labute approximate surface area is 213 Å². The fraction of sp³-hybridized carbons (Fsp3) is 0.179. The lowest BCUT2D eigenvalue weighted by Gasteiger charge is -2.13. The molecular formula is C28H27N5O2S. The van der Waals surface area contributed by atoms with Crippen LogP contribution in [0.4, 0.5) is 5.69 Å². The van der Waals surface area contributed by atoms with Crippen molar-refractivity contribution in [3.8, 4) is 11.4 Å². The van der Waals surface area contributed by atoms with Gasteiger partial charge in [0, 0.05) is 12.7 Å². The molecular weight excluding hydrogens is 470 g/mol. The number of carbonyl (C=O) groups is 1. The Morgan fingerprint density at radius 3 is 2.31 bits per heavy atom. The van der Waals surface area contributed by atoms with Gasteiger partial charge in [-0.2, -0.15) is 0 Å². The number of benzene rings is 3. The topological polar surface area (TPSA) is 73.8 Å². The second-order valence-electron chi connectivity index (χ2n) is 8.74. The highest BCUT2D eigenvalue weighted by Gasteiger charge is 2.24. The molecule has 7 nitrogen and oxygen atoms in total. The molecule has 0 aliphatic carbocycles. The van der Waals surface area contributed by atoms with E-state index in [9.17, 15) is 9.59 Å². The molecule has 3 aromatic carbocycles. The van der Waals surface area contributed by atoms with Gasteiger partial charge in [-0.15, -0.1) is 0 Å². The molecule has 2 aromatic heterocycles. The number of anilines is 1. The first-order valence-corrected chi connectivity index (χ1v) is 12.6. The summed E-state index contributed by atoms with van der Waals surface area (Å²) in [6.45, 7) is 5.70. The van der Waals surface area contributed by atoms with E-state index < -0.39 is 5.25 Å². The number of nitrogens with one attached hydrogen (secondary N) is 1. The fourth-order valence-corrected chi connectivity index (χ4v) is 5.12. The zero-order valence-corrected chi connectivity index (χ0v) is 21.4. The van der Waals surface area contributed by atoms with Crippen LogP contribution in [-0.4, -0.2) is 30.1 Å². The van der Waals surface area contributed by atoms with Crippen LogP contribution in [0.3, 0.4) is 0 Å². The minimum absolute atomic E-state index is 0.256. The van der Waals surface area contributed by atoms with Crippen molar-refractivity contribution in [1.82, 2.24) is 18.9 Å². The van der Waals surface area contributed by atoms with E-state index in [-0.39, 0.29) is 17.2 Å². The third-order valence-electron chi connectivity index (χ3n) is 6.28. The predicted molar refractivity (Wildman–Crippen MR) is 146 cm³/mol. The molecule has 2 heterocycles. The summed E-state index contributed by atoms with van der Waals surface area (Å²) in [4.78, 5) is 31.3. The minimum atomic E-state index is -0.491. The molecule has 5 aromatic rings. The largest absolute Gasteiger partial charge is 0.319 e. The first-order valence-electron chi connectivity index (χ1n) is 11.7. The van der Waals surface area contributed by atoms with Crippen LogP contribution in [0, 0.1) is 13.8 Å². The van der Waals surface area contributed by atoms with Crippen molar-refractivity contribution >= 4 is 34.4 Å². The van der Waals surface area contributed by atoms with Gasteiger partial charge in [-0.3, -0.25) is 18.8 Å². The summed E-state index contributed by atoms with van der Waals surface area (Å²) >= 11 is 1.37. The van der Waals surface area contributed by atoms with Gasteiger partial charge in [0.1, 0.15) is 5.69 Å². The molecule has 0 unspecified atom stereocenters. The maximum Gasteiger partial charge on any atom is 0.295 e. The van der Waals surface area contributed by atoms with E-state index in [0.717, 1.165) is 22.4 Å². The Balaban J connectivity index is 1.45. The molecule has 0 saturated carbocycles. The van der Waals surface area contributed by atoms with Crippen LogP contribution in [0.15, 0.2) is 88.8 Å². The third kappa shape index (κ3) is 4.24. The molecule has 5 rings (SSSR count). The third-order valence-corrected chi connectivity index (χ3v) is 7.33. The maximum atomic E-state index is 13.3. The van der Waals surface area contributed by atoms with Crippen molar-refractivity contribution < 1.29 is 4.79 Å². The standard InChI is InChI=1S/C28H27N5O2S/c1-18-14-16-21(17-15-18)32-24-13-9-8-12-23(24)29-28(32)36-20(3)26(34)30-25-19(2)31(4)33(27(25)35)22-10-6-5-7-11-22/h5-17,20H,1-4H3,(H,30,34)/t20-/m1/s1. The number of carbonyl (C=O) groups excluding carboxylic acids is 1. The smallest absolute Gasteiger partial charge is 0.295 e. The van der Waals surface area contributed by atoms with Gasteiger partial charge in [-0.1, -0.05) is 59.8 Å². The Morgan fingerprint density at radius 2 is 1.58 bits per heavy atom. The first-order chi connectivity index (χ1) is 17.3. The number of imidazole rings is 1. The van der Waals surface area contributed by atoms with Crippen LogP contribution in [0.1, 0.15) is 18.2 Å². The number of hydrogen-bond donors (Lipinski definition) is 1. The van der Waals surface area contributed by atoms with E-state index in [4.69, 9.17) is 4.98 Å². The number of hydrogen-bond acceptors (Lipinski definition) is 4. The summed E-state index contributed by atoms with van der Waals surface area (Å²) in [7, 11) is 1.81. The maximum absolute atomic E-state index is 13.3. The average molecular weight is 498 g/mol. The van der Waals surface area contributed by atoms with Gasteiger partial charge in [0.2, 0.25) is 5.91 Å². The van der Waals surface area contributed by atoms with E-state index in [2.05, 4.69) is 41.1 Å². The molecule has 0 radical (unpaired) electrons. The van der Waals surface area contributed by atoms with Gasteiger partial charge in [-0.05, 0) is 57.2 Å². The van der Waals surface area contributed by atoms with Crippen LogP contribution in [0.25, 0.3) is 22.4 Å². The number of thioether (sulfide) groups is 1. The lowest BCUT2D eigenvalue weighted by molar-refractivity contribution is -0.115. The number of para-hydroxylation sites is 3. The van der Waals surface area contributed by atoms with Gasteiger partial charge >= 0.3 is 0 Å². The van der Waals surface area contributed by atoms with Crippen molar-refractivity contribution in [2.75, 3.05) is 5.32 Å². The molecule has 36 heavy (non-hydrogen) atoms. The summed E-state index contributed by atoms with van der Waals surface area (Å²) in [6.07, 6.45) is 0. The van der Waals surface area contributed by atoms with Crippen LogP contribution in [-0.2, 0) is 11.8 Å². The fourth-order valence-electron chi connectivity index (χ4n) is 4.18. The number of fused-ring (bicyclic) bond motifs is 1. The summed E-state index contributed by atoms with van der Waals surface area (Å²) in [5.74, 6) is -0.256. The summed E-state index contributed by atoms with van der Waals surface area (Å²) < 4.78 is 5.38. The number of rotatable bonds is 6. The van der Waals surface area contributed by atoms with Crippen LogP contribution >= 0.6 is 11.8 Å². The molecule has 0 saturated heterocycles. The Bertz CT molecular complexity index is 1610. The van der Waals surface area contributed by atoms with E-state index in [1.165, 1.54) is 17.3 Å². The summed E-state index contributed by atoms with van der Waals surface area (Å²) in [5.41, 5.74) is 5.42. The van der Waals surface area contributed by atoms with Crippen molar-refractivity contribution in [1.29, 1.82) is 0 Å². The number of aromatic nitrogens is 4. The lowest BCUT2D eigenvalue weighted by Crippen LogP contribution is -2.27. The molecule has 1 atom stereocenters. The highest BCUT2D eigenvalue weighted by atomic mass is 32.2. The lowest BCUT2D eigenvalue weighted by atomic mass is 10.2. The summed E-state index contributed by atoms with van der Waals surface area (Å²) in [5, 5.41) is 3.11. The van der Waals surface area contributed by atoms with Gasteiger partial charge < -0.3 is 5.32 Å². The van der Waals surface area contributed by atoms with E-state index >= 15 is 0 Å². The van der Waals surface area contributed by atoms with E-state index in [1.807, 2.05) is 75.5 Å². The quantitative estimate of drug-likeness (QED) is 0.325. The molecule has 0 aliphatic rings. The Morgan fingerprint density at radius 1 is 0.917 bits per heavy atom. The highest BCUT2D eigenvalue weighted by Crippen LogP contribution is 2.31. The first kappa shape index (κ1) is 23.7. The number of aryl methyl sites for hydroxylation is 1. The molecule has 0 spiro atoms. The van der Waals surface area contributed by atoms with Crippen molar-refractivity contribution in [2.24, 2.45) is 7.05 Å². The Kier molecular flexibility index (Phi) is 6.28. The van der Waals surface area contributed by atoms with Crippen molar-refractivity contribution in [3.05, 3.63) is 100 Å². The zero-order valence-electron chi connectivity index (χ0n) is 20.6. The van der Waals surface area contributed by atoms with E-state index in [1.54, 1.807) is 9.36 Å². The number of amides is 1. The second kappa shape index (κ2) is 9.54. The van der Waals surface area contributed by atoms with Gasteiger partial charge in [0.25, 0.3) is 5.56 Å². The molecule has 182 valence electrons.